The zero-order chi connectivity index (χ0) is 15.2. The predicted octanol–water partition coefficient (Wildman–Crippen LogP) is 3.65. The molecule has 5 heteroatoms. The first-order valence-electron chi connectivity index (χ1n) is 7.02. The van der Waals surface area contributed by atoms with Crippen molar-refractivity contribution in [3.8, 4) is 0 Å². The molecule has 114 valence electrons. The molecule has 0 aliphatic rings. The Balaban J connectivity index is 2.78. The molecule has 0 aliphatic heterocycles. The van der Waals surface area contributed by atoms with Gasteiger partial charge in [-0.1, -0.05) is 26.0 Å². The maximum absolute atomic E-state index is 12.5. The highest BCUT2D eigenvalue weighted by atomic mass is 19.4. The number of hydrogen-bond donors (Lipinski definition) is 1. The lowest BCUT2D eigenvalue weighted by Crippen LogP contribution is -2.37. The Morgan fingerprint density at radius 3 is 2.05 bits per heavy atom. The smallest absolute Gasteiger partial charge is 0.329 e. The summed E-state index contributed by atoms with van der Waals surface area (Å²) in [6.45, 7) is 6.18. The summed E-state index contributed by atoms with van der Waals surface area (Å²) in [6, 6.07) is 5.80. The minimum atomic E-state index is -4.27. The molecule has 0 saturated carbocycles. The van der Waals surface area contributed by atoms with Crippen molar-refractivity contribution in [2.75, 3.05) is 13.1 Å². The molecule has 0 saturated heterocycles. The summed E-state index contributed by atoms with van der Waals surface area (Å²) >= 11 is 0. The zero-order valence-corrected chi connectivity index (χ0v) is 12.1. The molecule has 0 radical (unpaired) electrons. The Morgan fingerprint density at radius 1 is 1.10 bits per heavy atom. The van der Waals surface area contributed by atoms with Crippen LogP contribution in [0, 0.1) is 0 Å². The zero-order valence-electron chi connectivity index (χ0n) is 12.1. The van der Waals surface area contributed by atoms with Gasteiger partial charge in [0.2, 0.25) is 0 Å². The highest BCUT2D eigenvalue weighted by Crippen LogP contribution is 2.29. The van der Waals surface area contributed by atoms with E-state index in [1.54, 1.807) is 12.1 Å². The monoisotopic (exact) mass is 288 g/mol. The average Bonchev–Trinajstić information content (AvgIpc) is 2.40. The Morgan fingerprint density at radius 2 is 1.65 bits per heavy atom. The topological polar surface area (TPSA) is 29.3 Å². The average molecular weight is 288 g/mol. The van der Waals surface area contributed by atoms with Crippen molar-refractivity contribution in [3.05, 3.63) is 35.4 Å². The standard InChI is InChI=1S/C15H23F3N2/c1-3-14(4-2)20(10-9-19)11-12-5-7-13(8-6-12)15(16,17)18/h5-8,14H,3-4,9-11,19H2,1-2H3. The summed E-state index contributed by atoms with van der Waals surface area (Å²) in [5, 5.41) is 0. The summed E-state index contributed by atoms with van der Waals surface area (Å²) in [6.07, 6.45) is -2.25. The van der Waals surface area contributed by atoms with Gasteiger partial charge in [0, 0.05) is 25.7 Å². The van der Waals surface area contributed by atoms with Crippen molar-refractivity contribution in [2.45, 2.75) is 45.5 Å². The number of nitrogens with zero attached hydrogens (tertiary/aromatic N) is 1. The van der Waals surface area contributed by atoms with Gasteiger partial charge in [0.15, 0.2) is 0 Å². The van der Waals surface area contributed by atoms with Gasteiger partial charge in [0.05, 0.1) is 5.56 Å². The number of hydrogen-bond acceptors (Lipinski definition) is 2. The van der Waals surface area contributed by atoms with Gasteiger partial charge in [0.1, 0.15) is 0 Å². The molecule has 2 nitrogen and oxygen atoms in total. The molecule has 0 fully saturated rings. The van der Waals surface area contributed by atoms with Crippen molar-refractivity contribution in [3.63, 3.8) is 0 Å². The van der Waals surface area contributed by atoms with E-state index in [-0.39, 0.29) is 0 Å². The Bertz CT molecular complexity index is 383. The molecule has 0 amide bonds. The summed E-state index contributed by atoms with van der Waals surface area (Å²) in [5.74, 6) is 0. The van der Waals surface area contributed by atoms with E-state index in [9.17, 15) is 13.2 Å². The van der Waals surface area contributed by atoms with Crippen LogP contribution in [0.5, 0.6) is 0 Å². The van der Waals surface area contributed by atoms with Gasteiger partial charge in [-0.15, -0.1) is 0 Å². The molecule has 0 bridgehead atoms. The third kappa shape index (κ3) is 4.80. The van der Waals surface area contributed by atoms with E-state index in [1.165, 1.54) is 0 Å². The van der Waals surface area contributed by atoms with Crippen LogP contribution in [-0.2, 0) is 12.7 Å². The maximum Gasteiger partial charge on any atom is 0.416 e. The van der Waals surface area contributed by atoms with Crippen molar-refractivity contribution in [1.29, 1.82) is 0 Å². The molecular weight excluding hydrogens is 265 g/mol. The molecule has 0 heterocycles. The third-order valence-corrected chi connectivity index (χ3v) is 3.54. The molecule has 0 spiro atoms. The largest absolute Gasteiger partial charge is 0.416 e. The molecular formula is C15H23F3N2. The Kier molecular flexibility index (Phi) is 6.49. The minimum Gasteiger partial charge on any atom is -0.329 e. The molecule has 2 N–H and O–H groups in total. The molecule has 1 rings (SSSR count). The molecule has 20 heavy (non-hydrogen) atoms. The predicted molar refractivity (Wildman–Crippen MR) is 75.3 cm³/mol. The highest BCUT2D eigenvalue weighted by molar-refractivity contribution is 5.24. The van der Waals surface area contributed by atoms with Crippen LogP contribution >= 0.6 is 0 Å². The van der Waals surface area contributed by atoms with E-state index < -0.39 is 11.7 Å². The van der Waals surface area contributed by atoms with E-state index in [1.807, 2.05) is 0 Å². The lowest BCUT2D eigenvalue weighted by Gasteiger charge is -2.30. The van der Waals surface area contributed by atoms with Crippen LogP contribution in [0.2, 0.25) is 0 Å². The quantitative estimate of drug-likeness (QED) is 0.829. The first-order chi connectivity index (χ1) is 9.42. The van der Waals surface area contributed by atoms with E-state index in [0.29, 0.717) is 19.1 Å². The lowest BCUT2D eigenvalue weighted by atomic mass is 10.1. The van der Waals surface area contributed by atoms with E-state index in [4.69, 9.17) is 5.73 Å². The number of halogens is 3. The van der Waals surface area contributed by atoms with E-state index in [2.05, 4.69) is 18.7 Å². The fourth-order valence-corrected chi connectivity index (χ4v) is 2.40. The first kappa shape index (κ1) is 17.0. The van der Waals surface area contributed by atoms with Crippen molar-refractivity contribution in [1.82, 2.24) is 4.90 Å². The second kappa shape index (κ2) is 7.64. The first-order valence-corrected chi connectivity index (χ1v) is 7.02. The summed E-state index contributed by atoms with van der Waals surface area (Å²) in [4.78, 5) is 2.24. The van der Waals surface area contributed by atoms with Gasteiger partial charge in [-0.3, -0.25) is 4.90 Å². The number of alkyl halides is 3. The number of benzene rings is 1. The van der Waals surface area contributed by atoms with Crippen molar-refractivity contribution >= 4 is 0 Å². The van der Waals surface area contributed by atoms with Gasteiger partial charge in [-0.05, 0) is 30.5 Å². The molecule has 0 aliphatic carbocycles. The minimum absolute atomic E-state index is 0.417. The summed E-state index contributed by atoms with van der Waals surface area (Å²) < 4.78 is 37.5. The maximum atomic E-state index is 12.5. The van der Waals surface area contributed by atoms with Crippen LogP contribution in [0.25, 0.3) is 0 Å². The van der Waals surface area contributed by atoms with Crippen LogP contribution in [0.1, 0.15) is 37.8 Å². The highest BCUT2D eigenvalue weighted by Gasteiger charge is 2.30. The van der Waals surface area contributed by atoms with Crippen LogP contribution in [0.3, 0.4) is 0 Å². The third-order valence-electron chi connectivity index (χ3n) is 3.54. The van der Waals surface area contributed by atoms with Gasteiger partial charge >= 0.3 is 6.18 Å². The summed E-state index contributed by atoms with van der Waals surface area (Å²) in [7, 11) is 0. The van der Waals surface area contributed by atoms with Crippen molar-refractivity contribution < 1.29 is 13.2 Å². The van der Waals surface area contributed by atoms with E-state index >= 15 is 0 Å². The normalized spacial score (nSPS) is 12.4. The van der Waals surface area contributed by atoms with Gasteiger partial charge in [-0.2, -0.15) is 13.2 Å². The fourth-order valence-electron chi connectivity index (χ4n) is 2.40. The molecule has 0 aromatic heterocycles. The van der Waals surface area contributed by atoms with Gasteiger partial charge in [0.25, 0.3) is 0 Å². The molecule has 0 atom stereocenters. The molecule has 0 unspecified atom stereocenters. The van der Waals surface area contributed by atoms with E-state index in [0.717, 1.165) is 37.1 Å². The van der Waals surface area contributed by atoms with Crippen LogP contribution in [0.4, 0.5) is 13.2 Å². The lowest BCUT2D eigenvalue weighted by molar-refractivity contribution is -0.137. The summed E-state index contributed by atoms with van der Waals surface area (Å²) in [5.41, 5.74) is 5.91. The Hall–Kier alpha value is -1.07. The molecule has 1 aromatic rings. The Labute approximate surface area is 118 Å². The fraction of sp³-hybridized carbons (Fsp3) is 0.600. The van der Waals surface area contributed by atoms with Crippen LogP contribution in [0.15, 0.2) is 24.3 Å². The molecule has 1 aromatic carbocycles. The van der Waals surface area contributed by atoms with Crippen LogP contribution < -0.4 is 5.73 Å². The van der Waals surface area contributed by atoms with Gasteiger partial charge in [-0.25, -0.2) is 0 Å². The number of rotatable bonds is 7. The van der Waals surface area contributed by atoms with Gasteiger partial charge < -0.3 is 5.73 Å². The second-order valence-corrected chi connectivity index (χ2v) is 4.92. The number of nitrogens with two attached hydrogens (primary N) is 1. The van der Waals surface area contributed by atoms with Crippen molar-refractivity contribution in [2.24, 2.45) is 5.73 Å². The van der Waals surface area contributed by atoms with Crippen LogP contribution in [-0.4, -0.2) is 24.0 Å². The second-order valence-electron chi connectivity index (χ2n) is 4.92. The SMILES string of the molecule is CCC(CC)N(CCN)Cc1ccc(C(F)(F)F)cc1.